The number of benzene rings is 2. The molecule has 0 saturated heterocycles. The molecule has 0 heterocycles. The molecule has 2 aromatic rings. The molecule has 7 nitrogen and oxygen atoms in total. The number of hydrogen-bond acceptors (Lipinski definition) is 4. The van der Waals surface area contributed by atoms with E-state index in [2.05, 4.69) is 5.32 Å². The van der Waals surface area contributed by atoms with Crippen LogP contribution in [0.3, 0.4) is 0 Å². The molecule has 0 bridgehead atoms. The number of amides is 2. The Bertz CT molecular complexity index is 1170. The fourth-order valence-corrected chi connectivity index (χ4v) is 5.12. The van der Waals surface area contributed by atoms with E-state index in [0.29, 0.717) is 34.3 Å². The van der Waals surface area contributed by atoms with Gasteiger partial charge in [-0.05, 0) is 67.6 Å². The van der Waals surface area contributed by atoms with E-state index >= 15 is 0 Å². The summed E-state index contributed by atoms with van der Waals surface area (Å²) < 4.78 is 26.6. The van der Waals surface area contributed by atoms with Crippen LogP contribution in [0.15, 0.2) is 36.4 Å². The minimum atomic E-state index is -3.79. The molecular weight excluding hydrogens is 521 g/mol. The van der Waals surface area contributed by atoms with E-state index in [0.717, 1.165) is 34.5 Å². The fraction of sp³-hybridized carbons (Fsp3) is 0.462. The number of halogens is 2. The topological polar surface area (TPSA) is 86.8 Å². The Morgan fingerprint density at radius 1 is 1.00 bits per heavy atom. The Kier molecular flexibility index (Phi) is 11.1. The lowest BCUT2D eigenvalue weighted by Crippen LogP contribution is -2.52. The highest BCUT2D eigenvalue weighted by Gasteiger charge is 2.31. The molecule has 10 heteroatoms. The minimum absolute atomic E-state index is 0.0693. The van der Waals surface area contributed by atoms with Crippen molar-refractivity contribution in [1.29, 1.82) is 0 Å². The first-order valence-electron chi connectivity index (χ1n) is 11.9. The molecule has 0 aromatic heterocycles. The lowest BCUT2D eigenvalue weighted by molar-refractivity contribution is -0.140. The van der Waals surface area contributed by atoms with Crippen molar-refractivity contribution in [3.8, 4) is 0 Å². The van der Waals surface area contributed by atoms with Crippen LogP contribution in [0, 0.1) is 13.8 Å². The van der Waals surface area contributed by atoms with Gasteiger partial charge in [0, 0.05) is 13.1 Å². The number of sulfonamides is 1. The standard InChI is InChI=1S/C26H35Cl2N3O4S/c1-6-8-11-29-26(33)24(7-2)30(16-20-9-10-22(27)23(28)15-20)25(32)17-31(36(5,34)35)21-13-18(3)12-19(4)14-21/h9-10,12-15,24H,6-8,11,16-17H2,1-5H3,(H,29,33). The normalized spacial score (nSPS) is 12.2. The van der Waals surface area contributed by atoms with Gasteiger partial charge in [-0.3, -0.25) is 13.9 Å². The number of rotatable bonds is 12. The average Bonchev–Trinajstić information content (AvgIpc) is 2.78. The smallest absolute Gasteiger partial charge is 0.244 e. The Labute approximate surface area is 224 Å². The Morgan fingerprint density at radius 3 is 2.17 bits per heavy atom. The van der Waals surface area contributed by atoms with E-state index < -0.39 is 28.5 Å². The summed E-state index contributed by atoms with van der Waals surface area (Å²) in [7, 11) is -3.79. The summed E-state index contributed by atoms with van der Waals surface area (Å²) in [6.07, 6.45) is 3.16. The predicted octanol–water partition coefficient (Wildman–Crippen LogP) is 5.10. The lowest BCUT2D eigenvalue weighted by Gasteiger charge is -2.33. The number of hydrogen-bond donors (Lipinski definition) is 1. The van der Waals surface area contributed by atoms with Crippen LogP contribution in [-0.4, -0.2) is 50.5 Å². The molecule has 0 saturated carbocycles. The van der Waals surface area contributed by atoms with Crippen LogP contribution in [0.25, 0.3) is 0 Å². The number of carbonyl (C=O) groups excluding carboxylic acids is 2. The van der Waals surface area contributed by atoms with Crippen LogP contribution in [0.5, 0.6) is 0 Å². The zero-order valence-corrected chi connectivity index (χ0v) is 23.8. The summed E-state index contributed by atoms with van der Waals surface area (Å²) in [5, 5.41) is 3.60. The molecule has 0 spiro atoms. The number of nitrogens with zero attached hydrogens (tertiary/aromatic N) is 2. The van der Waals surface area contributed by atoms with Crippen molar-refractivity contribution in [2.75, 3.05) is 23.7 Å². The molecule has 2 amide bonds. The molecule has 0 aliphatic carbocycles. The largest absolute Gasteiger partial charge is 0.354 e. The molecule has 0 fully saturated rings. The van der Waals surface area contributed by atoms with E-state index in [1.807, 2.05) is 33.8 Å². The molecule has 2 aromatic carbocycles. The zero-order chi connectivity index (χ0) is 27.0. The summed E-state index contributed by atoms with van der Waals surface area (Å²) in [4.78, 5) is 28.2. The van der Waals surface area contributed by atoms with Gasteiger partial charge in [-0.1, -0.05) is 55.6 Å². The van der Waals surface area contributed by atoms with Crippen molar-refractivity contribution in [1.82, 2.24) is 10.2 Å². The second kappa shape index (κ2) is 13.3. The number of carbonyl (C=O) groups is 2. The van der Waals surface area contributed by atoms with Crippen LogP contribution in [0.2, 0.25) is 10.0 Å². The maximum absolute atomic E-state index is 13.7. The van der Waals surface area contributed by atoms with Gasteiger partial charge < -0.3 is 10.2 Å². The van der Waals surface area contributed by atoms with E-state index in [9.17, 15) is 18.0 Å². The van der Waals surface area contributed by atoms with Gasteiger partial charge in [0.05, 0.1) is 22.0 Å². The number of aryl methyl sites for hydroxylation is 2. The number of unbranched alkanes of at least 4 members (excludes halogenated alkanes) is 1. The third-order valence-electron chi connectivity index (χ3n) is 5.73. The molecule has 36 heavy (non-hydrogen) atoms. The Hall–Kier alpha value is -2.29. The molecule has 2 rings (SSSR count). The van der Waals surface area contributed by atoms with Crippen molar-refractivity contribution >= 4 is 50.7 Å². The number of nitrogens with one attached hydrogen (secondary N) is 1. The zero-order valence-electron chi connectivity index (χ0n) is 21.5. The fourth-order valence-electron chi connectivity index (χ4n) is 3.97. The maximum Gasteiger partial charge on any atom is 0.244 e. The predicted molar refractivity (Wildman–Crippen MR) is 147 cm³/mol. The third kappa shape index (κ3) is 8.39. The molecular formula is C26H35Cl2N3O4S. The summed E-state index contributed by atoms with van der Waals surface area (Å²) in [6.45, 7) is 7.69. The van der Waals surface area contributed by atoms with Gasteiger partial charge in [-0.25, -0.2) is 8.42 Å². The Morgan fingerprint density at radius 2 is 1.64 bits per heavy atom. The third-order valence-corrected chi connectivity index (χ3v) is 7.61. The second-order valence-corrected chi connectivity index (χ2v) is 11.7. The molecule has 0 aliphatic heterocycles. The first-order chi connectivity index (χ1) is 16.9. The first kappa shape index (κ1) is 29.9. The summed E-state index contributed by atoms with van der Waals surface area (Å²) in [5.74, 6) is -0.778. The van der Waals surface area contributed by atoms with E-state index in [1.165, 1.54) is 4.90 Å². The highest BCUT2D eigenvalue weighted by atomic mass is 35.5. The molecule has 1 unspecified atom stereocenters. The van der Waals surface area contributed by atoms with Gasteiger partial charge in [0.25, 0.3) is 0 Å². The van der Waals surface area contributed by atoms with Gasteiger partial charge in [0.15, 0.2) is 0 Å². The SMILES string of the molecule is CCCCNC(=O)C(CC)N(Cc1ccc(Cl)c(Cl)c1)C(=O)CN(c1cc(C)cc(C)c1)S(C)(=O)=O. The highest BCUT2D eigenvalue weighted by Crippen LogP contribution is 2.25. The van der Waals surface area contributed by atoms with Crippen molar-refractivity contribution in [3.05, 3.63) is 63.1 Å². The molecule has 198 valence electrons. The minimum Gasteiger partial charge on any atom is -0.354 e. The molecule has 1 N–H and O–H groups in total. The highest BCUT2D eigenvalue weighted by molar-refractivity contribution is 7.92. The quantitative estimate of drug-likeness (QED) is 0.369. The van der Waals surface area contributed by atoms with Crippen molar-refractivity contribution in [3.63, 3.8) is 0 Å². The van der Waals surface area contributed by atoms with Gasteiger partial charge in [0.2, 0.25) is 21.8 Å². The maximum atomic E-state index is 13.7. The summed E-state index contributed by atoms with van der Waals surface area (Å²) in [6, 6.07) is 9.58. The van der Waals surface area contributed by atoms with Gasteiger partial charge in [-0.2, -0.15) is 0 Å². The van der Waals surface area contributed by atoms with Crippen molar-refractivity contribution in [2.24, 2.45) is 0 Å². The van der Waals surface area contributed by atoms with Crippen molar-refractivity contribution in [2.45, 2.75) is 59.5 Å². The first-order valence-corrected chi connectivity index (χ1v) is 14.5. The number of anilines is 1. The van der Waals surface area contributed by atoms with Crippen LogP contribution < -0.4 is 9.62 Å². The van der Waals surface area contributed by atoms with Gasteiger partial charge in [0.1, 0.15) is 12.6 Å². The van der Waals surface area contributed by atoms with Crippen LogP contribution in [-0.2, 0) is 26.2 Å². The summed E-state index contributed by atoms with van der Waals surface area (Å²) >= 11 is 12.2. The average molecular weight is 557 g/mol. The lowest BCUT2D eigenvalue weighted by atomic mass is 10.1. The second-order valence-electron chi connectivity index (χ2n) is 8.95. The van der Waals surface area contributed by atoms with Gasteiger partial charge in [-0.15, -0.1) is 0 Å². The monoisotopic (exact) mass is 555 g/mol. The van der Waals surface area contributed by atoms with E-state index in [1.54, 1.807) is 30.3 Å². The summed E-state index contributed by atoms with van der Waals surface area (Å²) in [5.41, 5.74) is 2.83. The molecule has 1 atom stereocenters. The Balaban J connectivity index is 2.46. The molecule has 0 aliphatic rings. The van der Waals surface area contributed by atoms with Crippen LogP contribution in [0.1, 0.15) is 49.8 Å². The van der Waals surface area contributed by atoms with Crippen LogP contribution in [0.4, 0.5) is 5.69 Å². The van der Waals surface area contributed by atoms with E-state index in [-0.39, 0.29) is 12.5 Å². The molecule has 0 radical (unpaired) electrons. The van der Waals surface area contributed by atoms with Crippen LogP contribution >= 0.6 is 23.2 Å². The van der Waals surface area contributed by atoms with Gasteiger partial charge >= 0.3 is 0 Å². The van der Waals surface area contributed by atoms with Crippen molar-refractivity contribution < 1.29 is 18.0 Å². The van der Waals surface area contributed by atoms with E-state index in [4.69, 9.17) is 23.2 Å².